The third-order valence-corrected chi connectivity index (χ3v) is 13.3. The van der Waals surface area contributed by atoms with E-state index in [0.717, 1.165) is 44.9 Å². The summed E-state index contributed by atoms with van der Waals surface area (Å²) in [5, 5.41) is 13.7. The van der Waals surface area contributed by atoms with Gasteiger partial charge in [-0.1, -0.05) is 237 Å². The first kappa shape index (κ1) is 62.7. The summed E-state index contributed by atoms with van der Waals surface area (Å²) in [6.45, 7) is 4.53. The molecule has 0 aliphatic rings. The van der Waals surface area contributed by atoms with Crippen LogP contribution in [0.3, 0.4) is 0 Å². The number of allylic oxidation sites excluding steroid dienone is 5. The number of unbranched alkanes of at least 4 members (excludes halogenated alkanes) is 33. The Bertz CT molecular complexity index is 1140. The third kappa shape index (κ3) is 48.6. The van der Waals surface area contributed by atoms with Gasteiger partial charge in [-0.05, 0) is 51.4 Å². The van der Waals surface area contributed by atoms with E-state index in [1.807, 2.05) is 27.2 Å². The standard InChI is InChI=1S/C55H107N2O6P/c1-6-8-10-12-14-15-16-17-18-19-20-21-22-23-24-25-26-27-28-29-30-31-32-33-34-35-36-37-38-39-40-41-43-45-47-49-55(59)56-53(54(58)48-46-44-42-13-11-9-7-2)52-63-64(60,61)62-51-50-57(3,4)5/h11,13,19-20,46,48,53-54,58H,6-10,12,14-18,21-45,47,49-52H2,1-5H3,(H-,56,59,60,61)/b13-11+,20-19-,48-46+. The van der Waals surface area contributed by atoms with Crippen LogP contribution in [0.2, 0.25) is 0 Å². The second-order valence-corrected chi connectivity index (χ2v) is 21.3. The molecule has 0 aliphatic carbocycles. The molecule has 9 heteroatoms. The van der Waals surface area contributed by atoms with Crippen molar-refractivity contribution >= 4 is 13.7 Å². The second-order valence-electron chi connectivity index (χ2n) is 19.9. The van der Waals surface area contributed by atoms with Gasteiger partial charge in [0.25, 0.3) is 7.82 Å². The number of hydrogen-bond donors (Lipinski definition) is 2. The number of aliphatic hydroxyl groups excluding tert-OH is 1. The molecular formula is C55H107N2O6P. The van der Waals surface area contributed by atoms with Gasteiger partial charge in [-0.3, -0.25) is 9.36 Å². The Morgan fingerprint density at radius 3 is 1.33 bits per heavy atom. The number of rotatable bonds is 50. The molecule has 2 N–H and O–H groups in total. The zero-order valence-electron chi connectivity index (χ0n) is 43.0. The van der Waals surface area contributed by atoms with Crippen LogP contribution in [0.4, 0.5) is 0 Å². The first-order chi connectivity index (χ1) is 31.0. The van der Waals surface area contributed by atoms with Crippen LogP contribution < -0.4 is 10.2 Å². The van der Waals surface area contributed by atoms with Crippen LogP contribution in [-0.2, 0) is 18.4 Å². The number of amides is 1. The molecule has 8 nitrogen and oxygen atoms in total. The summed E-state index contributed by atoms with van der Waals surface area (Å²) in [7, 11) is 1.25. The number of quaternary nitrogens is 1. The molecular weight excluding hydrogens is 816 g/mol. The maximum atomic E-state index is 12.8. The Kier molecular flexibility index (Phi) is 45.9. The predicted octanol–water partition coefficient (Wildman–Crippen LogP) is 15.6. The average Bonchev–Trinajstić information content (AvgIpc) is 3.25. The highest BCUT2D eigenvalue weighted by molar-refractivity contribution is 7.45. The summed E-state index contributed by atoms with van der Waals surface area (Å²) in [5.74, 6) is -0.208. The molecule has 0 heterocycles. The van der Waals surface area contributed by atoms with Crippen molar-refractivity contribution in [2.24, 2.45) is 0 Å². The van der Waals surface area contributed by atoms with Crippen molar-refractivity contribution in [2.75, 3.05) is 40.9 Å². The largest absolute Gasteiger partial charge is 0.756 e. The Balaban J connectivity index is 3.80. The van der Waals surface area contributed by atoms with Gasteiger partial charge in [-0.25, -0.2) is 0 Å². The number of hydrogen-bond acceptors (Lipinski definition) is 6. The van der Waals surface area contributed by atoms with Crippen LogP contribution in [0.1, 0.15) is 258 Å². The summed E-state index contributed by atoms with van der Waals surface area (Å²) in [4.78, 5) is 25.2. The van der Waals surface area contributed by atoms with Crippen molar-refractivity contribution in [2.45, 2.75) is 270 Å². The van der Waals surface area contributed by atoms with E-state index in [4.69, 9.17) is 9.05 Å². The lowest BCUT2D eigenvalue weighted by molar-refractivity contribution is -0.870. The number of phosphoric acid groups is 1. The Hall–Kier alpha value is -1.28. The summed E-state index contributed by atoms with van der Waals surface area (Å²) in [5.41, 5.74) is 0. The minimum Gasteiger partial charge on any atom is -0.756 e. The summed E-state index contributed by atoms with van der Waals surface area (Å²) in [6.07, 6.45) is 60.0. The summed E-state index contributed by atoms with van der Waals surface area (Å²) in [6, 6.07) is -0.898. The maximum Gasteiger partial charge on any atom is 0.268 e. The van der Waals surface area contributed by atoms with Crippen molar-refractivity contribution in [1.82, 2.24) is 5.32 Å². The van der Waals surface area contributed by atoms with Gasteiger partial charge in [0.15, 0.2) is 0 Å². The lowest BCUT2D eigenvalue weighted by Gasteiger charge is -2.29. The van der Waals surface area contributed by atoms with Crippen molar-refractivity contribution in [3.63, 3.8) is 0 Å². The molecule has 3 unspecified atom stereocenters. The Morgan fingerprint density at radius 1 is 0.531 bits per heavy atom. The number of carbonyl (C=O) groups is 1. The van der Waals surface area contributed by atoms with Gasteiger partial charge in [-0.2, -0.15) is 0 Å². The predicted molar refractivity (Wildman–Crippen MR) is 275 cm³/mol. The van der Waals surface area contributed by atoms with E-state index in [1.165, 1.54) is 193 Å². The van der Waals surface area contributed by atoms with Crippen molar-refractivity contribution < 1.29 is 32.9 Å². The molecule has 0 rings (SSSR count). The van der Waals surface area contributed by atoms with Crippen LogP contribution in [-0.4, -0.2) is 68.5 Å². The number of phosphoric ester groups is 1. The number of aliphatic hydroxyl groups is 1. The minimum absolute atomic E-state index is 0.00574. The molecule has 3 atom stereocenters. The van der Waals surface area contributed by atoms with E-state index in [0.29, 0.717) is 17.4 Å². The monoisotopic (exact) mass is 923 g/mol. The van der Waals surface area contributed by atoms with Gasteiger partial charge in [0.05, 0.1) is 39.9 Å². The van der Waals surface area contributed by atoms with E-state index in [-0.39, 0.29) is 12.5 Å². The van der Waals surface area contributed by atoms with Gasteiger partial charge in [-0.15, -0.1) is 0 Å². The fourth-order valence-corrected chi connectivity index (χ4v) is 8.72. The van der Waals surface area contributed by atoms with Gasteiger partial charge < -0.3 is 28.8 Å². The van der Waals surface area contributed by atoms with Crippen LogP contribution in [0.15, 0.2) is 36.5 Å². The lowest BCUT2D eigenvalue weighted by Crippen LogP contribution is -2.45. The molecule has 0 fully saturated rings. The molecule has 64 heavy (non-hydrogen) atoms. The van der Waals surface area contributed by atoms with Gasteiger partial charge in [0.1, 0.15) is 13.2 Å². The molecule has 1 amide bonds. The van der Waals surface area contributed by atoms with Gasteiger partial charge in [0.2, 0.25) is 5.91 Å². The molecule has 0 aromatic heterocycles. The quantitative estimate of drug-likeness (QED) is 0.0272. The number of likely N-dealkylation sites (N-methyl/N-ethyl adjacent to an activating group) is 1. The third-order valence-electron chi connectivity index (χ3n) is 12.3. The van der Waals surface area contributed by atoms with Crippen molar-refractivity contribution in [3.05, 3.63) is 36.5 Å². The van der Waals surface area contributed by atoms with E-state index in [9.17, 15) is 19.4 Å². The molecule has 0 saturated heterocycles. The van der Waals surface area contributed by atoms with Crippen LogP contribution in [0, 0.1) is 0 Å². The zero-order chi connectivity index (χ0) is 47.1. The van der Waals surface area contributed by atoms with E-state index < -0.39 is 26.6 Å². The zero-order valence-corrected chi connectivity index (χ0v) is 43.9. The van der Waals surface area contributed by atoms with E-state index >= 15 is 0 Å². The topological polar surface area (TPSA) is 108 Å². The van der Waals surface area contributed by atoms with Gasteiger partial charge >= 0.3 is 0 Å². The SMILES string of the molecule is CCC/C=C/CC/C=C/C(O)C(COP(=O)([O-])OCC[N+](C)(C)C)NC(=O)CCCCCCCCCCCCCCCCCCCCCCCCC/C=C\CCCCCCCCCC. The highest BCUT2D eigenvalue weighted by atomic mass is 31.2. The van der Waals surface area contributed by atoms with Crippen molar-refractivity contribution in [1.29, 1.82) is 0 Å². The first-order valence-electron chi connectivity index (χ1n) is 27.4. The van der Waals surface area contributed by atoms with Gasteiger partial charge in [0, 0.05) is 6.42 Å². The van der Waals surface area contributed by atoms with Crippen LogP contribution in [0.5, 0.6) is 0 Å². The molecule has 0 aromatic carbocycles. The minimum atomic E-state index is -4.59. The second kappa shape index (κ2) is 46.8. The normalized spacial score (nSPS) is 14.3. The molecule has 0 radical (unpaired) electrons. The molecule has 0 aliphatic heterocycles. The Morgan fingerprint density at radius 2 is 0.906 bits per heavy atom. The molecule has 0 saturated carbocycles. The number of nitrogens with one attached hydrogen (secondary N) is 1. The van der Waals surface area contributed by atoms with Crippen molar-refractivity contribution in [3.8, 4) is 0 Å². The number of carbonyl (C=O) groups excluding carboxylic acids is 1. The summed E-state index contributed by atoms with van der Waals surface area (Å²) < 4.78 is 23.1. The highest BCUT2D eigenvalue weighted by Crippen LogP contribution is 2.38. The number of nitrogens with zero attached hydrogens (tertiary/aromatic N) is 1. The smallest absolute Gasteiger partial charge is 0.268 e. The van der Waals surface area contributed by atoms with Crippen LogP contribution >= 0.6 is 7.82 Å². The molecule has 0 bridgehead atoms. The lowest BCUT2D eigenvalue weighted by atomic mass is 10.0. The van der Waals surface area contributed by atoms with Crippen LogP contribution in [0.25, 0.3) is 0 Å². The molecule has 0 aromatic rings. The summed E-state index contributed by atoms with van der Waals surface area (Å²) >= 11 is 0. The maximum absolute atomic E-state index is 12.8. The molecule has 0 spiro atoms. The van der Waals surface area contributed by atoms with E-state index in [1.54, 1.807) is 6.08 Å². The van der Waals surface area contributed by atoms with E-state index in [2.05, 4.69) is 43.5 Å². The first-order valence-corrected chi connectivity index (χ1v) is 28.8. The molecule has 378 valence electrons. The fraction of sp³-hybridized carbons (Fsp3) is 0.873. The fourth-order valence-electron chi connectivity index (χ4n) is 8.00. The Labute approximate surface area is 397 Å². The highest BCUT2D eigenvalue weighted by Gasteiger charge is 2.23. The average molecular weight is 923 g/mol.